The molecule has 12 heteroatoms. The van der Waals surface area contributed by atoms with Gasteiger partial charge in [0.25, 0.3) is 11.8 Å². The second-order valence-electron chi connectivity index (χ2n) is 9.18. The first kappa shape index (κ1) is 28.7. The zero-order valence-corrected chi connectivity index (χ0v) is 23.2. The highest BCUT2D eigenvalue weighted by molar-refractivity contribution is 7.21. The molecule has 0 atom stereocenters. The van der Waals surface area contributed by atoms with E-state index in [1.165, 1.54) is 6.07 Å². The normalized spacial score (nSPS) is 11.5. The lowest BCUT2D eigenvalue weighted by Crippen LogP contribution is -2.16. The van der Waals surface area contributed by atoms with Gasteiger partial charge in [0.05, 0.1) is 12.3 Å². The van der Waals surface area contributed by atoms with Crippen LogP contribution < -0.4 is 20.5 Å². The number of thiophene rings is 1. The number of hydrogen-bond acceptors (Lipinski definition) is 7. The Kier molecular flexibility index (Phi) is 7.90. The summed E-state index contributed by atoms with van der Waals surface area (Å²) in [6.07, 6.45) is -4.74. The van der Waals surface area contributed by atoms with Crippen LogP contribution in [-0.4, -0.2) is 23.4 Å². The third kappa shape index (κ3) is 6.08. The summed E-state index contributed by atoms with van der Waals surface area (Å²) in [6.45, 7) is 4.29. The van der Waals surface area contributed by atoms with Crippen molar-refractivity contribution in [1.29, 1.82) is 0 Å². The summed E-state index contributed by atoms with van der Waals surface area (Å²) in [7, 11) is 0. The van der Waals surface area contributed by atoms with Gasteiger partial charge in [0.1, 0.15) is 39.3 Å². The van der Waals surface area contributed by atoms with Crippen LogP contribution in [0.1, 0.15) is 44.2 Å². The van der Waals surface area contributed by atoms with Crippen LogP contribution in [0.3, 0.4) is 0 Å². The molecule has 0 saturated carbocycles. The molecule has 2 aromatic carbocycles. The average molecular weight is 596 g/mol. The number of amides is 2. The minimum Gasteiger partial charge on any atom is -0.494 e. The third-order valence-electron chi connectivity index (χ3n) is 6.18. The molecule has 5 rings (SSSR count). The van der Waals surface area contributed by atoms with Crippen LogP contribution in [0.25, 0.3) is 21.3 Å². The number of carbonyl (C=O) groups excluding carboxylic acids is 2. The van der Waals surface area contributed by atoms with E-state index in [-0.39, 0.29) is 38.7 Å². The molecule has 0 aliphatic heterocycles. The Hall–Kier alpha value is -4.84. The number of anilines is 1. The van der Waals surface area contributed by atoms with Gasteiger partial charge in [-0.3, -0.25) is 9.59 Å². The van der Waals surface area contributed by atoms with E-state index >= 15 is 0 Å². The Morgan fingerprint density at radius 3 is 2.29 bits per heavy atom. The molecular formula is C30H24F3N3O5S. The average Bonchev–Trinajstić information content (AvgIpc) is 3.58. The quantitative estimate of drug-likeness (QED) is 0.186. The maximum atomic E-state index is 13.7. The van der Waals surface area contributed by atoms with Crippen LogP contribution in [0.4, 0.5) is 18.9 Å². The number of aromatic nitrogens is 1. The predicted octanol–water partition coefficient (Wildman–Crippen LogP) is 7.21. The number of rotatable bonds is 9. The van der Waals surface area contributed by atoms with E-state index in [9.17, 15) is 22.8 Å². The summed E-state index contributed by atoms with van der Waals surface area (Å²) in [4.78, 5) is 29.1. The molecule has 0 saturated heterocycles. The van der Waals surface area contributed by atoms with E-state index < -0.39 is 23.7 Å². The maximum absolute atomic E-state index is 13.7. The van der Waals surface area contributed by atoms with Crippen LogP contribution in [0.5, 0.6) is 11.5 Å². The summed E-state index contributed by atoms with van der Waals surface area (Å²) in [5.74, 6) is -0.164. The first-order chi connectivity index (χ1) is 20.0. The molecule has 3 N–H and O–H groups in total. The first-order valence-corrected chi connectivity index (χ1v) is 13.5. The monoisotopic (exact) mass is 595 g/mol. The minimum atomic E-state index is -4.74. The Balaban J connectivity index is 1.46. The second kappa shape index (κ2) is 11.6. The zero-order valence-electron chi connectivity index (χ0n) is 22.4. The number of hydrogen-bond donors (Lipinski definition) is 2. The number of nitrogens with zero attached hydrogens (tertiary/aromatic N) is 1. The summed E-state index contributed by atoms with van der Waals surface area (Å²) in [5.41, 5.74) is 5.86. The molecule has 3 aromatic heterocycles. The summed E-state index contributed by atoms with van der Waals surface area (Å²) in [5, 5.41) is 2.77. The van der Waals surface area contributed by atoms with Gasteiger partial charge in [-0.25, -0.2) is 4.98 Å². The number of carbonyl (C=O) groups is 2. The number of ether oxygens (including phenoxy) is 2. The maximum Gasteiger partial charge on any atom is 0.433 e. The van der Waals surface area contributed by atoms with E-state index in [4.69, 9.17) is 19.6 Å². The van der Waals surface area contributed by atoms with Crippen molar-refractivity contribution >= 4 is 39.1 Å². The van der Waals surface area contributed by atoms with Gasteiger partial charge in [0.15, 0.2) is 5.76 Å². The Morgan fingerprint density at radius 1 is 1.00 bits per heavy atom. The molecule has 5 aromatic rings. The number of alkyl halides is 3. The fraction of sp³-hybridized carbons (Fsp3) is 0.167. The van der Waals surface area contributed by atoms with Crippen molar-refractivity contribution in [3.63, 3.8) is 0 Å². The zero-order chi connectivity index (χ0) is 30.0. The van der Waals surface area contributed by atoms with Crippen molar-refractivity contribution in [3.05, 3.63) is 94.4 Å². The van der Waals surface area contributed by atoms with Crippen molar-refractivity contribution in [2.75, 3.05) is 11.9 Å². The molecule has 0 bridgehead atoms. The van der Waals surface area contributed by atoms with Gasteiger partial charge < -0.3 is 24.9 Å². The molecule has 42 heavy (non-hydrogen) atoms. The van der Waals surface area contributed by atoms with Gasteiger partial charge in [-0.15, -0.1) is 11.3 Å². The van der Waals surface area contributed by atoms with Gasteiger partial charge in [0.2, 0.25) is 0 Å². The number of aryl methyl sites for hydroxylation is 1. The van der Waals surface area contributed by atoms with Crippen LogP contribution in [0.2, 0.25) is 0 Å². The smallest absolute Gasteiger partial charge is 0.433 e. The highest BCUT2D eigenvalue weighted by atomic mass is 32.1. The molecule has 0 fully saturated rings. The van der Waals surface area contributed by atoms with Gasteiger partial charge in [-0.05, 0) is 67.4 Å². The molecule has 0 aliphatic carbocycles. The fourth-order valence-electron chi connectivity index (χ4n) is 4.20. The highest BCUT2D eigenvalue weighted by Gasteiger charge is 2.35. The van der Waals surface area contributed by atoms with E-state index in [1.54, 1.807) is 54.6 Å². The number of halogens is 3. The molecular weight excluding hydrogens is 571 g/mol. The number of fused-ring (bicyclic) bond motifs is 1. The van der Waals surface area contributed by atoms with Crippen molar-refractivity contribution in [3.8, 4) is 22.6 Å². The van der Waals surface area contributed by atoms with E-state index in [0.29, 0.717) is 40.8 Å². The molecule has 0 unspecified atom stereocenters. The molecule has 3 heterocycles. The van der Waals surface area contributed by atoms with Crippen LogP contribution in [0, 0.1) is 6.92 Å². The lowest BCUT2D eigenvalue weighted by atomic mass is 10.00. The second-order valence-corrected chi connectivity index (χ2v) is 10.2. The Labute approximate surface area is 241 Å². The summed E-state index contributed by atoms with van der Waals surface area (Å²) < 4.78 is 58.0. The highest BCUT2D eigenvalue weighted by Crippen LogP contribution is 2.43. The van der Waals surface area contributed by atoms with Crippen LogP contribution in [0.15, 0.2) is 71.1 Å². The minimum absolute atomic E-state index is 0.0247. The first-order valence-electron chi connectivity index (χ1n) is 12.7. The van der Waals surface area contributed by atoms with Crippen LogP contribution >= 0.6 is 11.3 Å². The lowest BCUT2D eigenvalue weighted by molar-refractivity contribution is -0.140. The van der Waals surface area contributed by atoms with Gasteiger partial charge in [0, 0.05) is 5.39 Å². The predicted molar refractivity (Wildman–Crippen MR) is 152 cm³/mol. The number of nitrogens with one attached hydrogen (secondary N) is 1. The number of furan rings is 1. The van der Waals surface area contributed by atoms with Crippen molar-refractivity contribution in [2.45, 2.75) is 26.6 Å². The molecule has 0 spiro atoms. The fourth-order valence-corrected chi connectivity index (χ4v) is 5.21. The number of nitrogens with two attached hydrogens (primary N) is 1. The standard InChI is InChI=1S/C30H24F3N3O5S/c1-3-39-18-8-10-19(11-9-18)40-15-20-12-13-22(41-20)28(38)36-25-24-21(17-6-4-16(2)5-7-17)14-23(30(31,32)33)35-29(24)42-26(25)27(34)37/h4-14H,3,15H2,1-2H3,(H2,34,37)(H,36,38). The van der Waals surface area contributed by atoms with Crippen molar-refractivity contribution in [2.24, 2.45) is 5.73 Å². The lowest BCUT2D eigenvalue weighted by Gasteiger charge is -2.12. The summed E-state index contributed by atoms with van der Waals surface area (Å²) >= 11 is 0.666. The molecule has 8 nitrogen and oxygen atoms in total. The van der Waals surface area contributed by atoms with Crippen molar-refractivity contribution in [1.82, 2.24) is 4.98 Å². The topological polar surface area (TPSA) is 117 Å². The van der Waals surface area contributed by atoms with Gasteiger partial charge in [-0.1, -0.05) is 29.8 Å². The number of primary amides is 1. The van der Waals surface area contributed by atoms with E-state index in [1.807, 2.05) is 13.8 Å². The molecule has 216 valence electrons. The van der Waals surface area contributed by atoms with Gasteiger partial charge >= 0.3 is 6.18 Å². The third-order valence-corrected chi connectivity index (χ3v) is 7.28. The largest absolute Gasteiger partial charge is 0.494 e. The molecule has 2 amide bonds. The number of benzene rings is 2. The van der Waals surface area contributed by atoms with Crippen LogP contribution in [-0.2, 0) is 12.8 Å². The SMILES string of the molecule is CCOc1ccc(OCc2ccc(C(=O)Nc3c(C(N)=O)sc4nc(C(F)(F)F)cc(-c5ccc(C)cc5)c34)o2)cc1. The molecule has 0 aliphatic rings. The Morgan fingerprint density at radius 2 is 1.67 bits per heavy atom. The van der Waals surface area contributed by atoms with Crippen molar-refractivity contribution < 1.29 is 36.7 Å². The molecule has 0 radical (unpaired) electrons. The Bertz CT molecular complexity index is 1760. The van der Waals surface area contributed by atoms with Gasteiger partial charge in [-0.2, -0.15) is 13.2 Å². The van der Waals surface area contributed by atoms with E-state index in [0.717, 1.165) is 11.6 Å². The van der Waals surface area contributed by atoms with E-state index in [2.05, 4.69) is 10.3 Å². The number of pyridine rings is 1. The summed E-state index contributed by atoms with van der Waals surface area (Å²) in [6, 6.07) is 17.7.